The molecule has 3 aromatic rings. The number of benzene rings is 2. The van der Waals surface area contributed by atoms with Gasteiger partial charge in [0.1, 0.15) is 5.52 Å². The Bertz CT molecular complexity index is 1150. The van der Waals surface area contributed by atoms with Crippen molar-refractivity contribution in [1.29, 1.82) is 0 Å². The highest BCUT2D eigenvalue weighted by molar-refractivity contribution is 6.39. The number of carbonyl (C=O) groups is 1. The lowest BCUT2D eigenvalue weighted by Crippen LogP contribution is -2.27. The molecule has 0 bridgehead atoms. The van der Waals surface area contributed by atoms with Gasteiger partial charge in [0.2, 0.25) is 0 Å². The second kappa shape index (κ2) is 9.90. The monoisotopic (exact) mass is 460 g/mol. The molecule has 162 valence electrons. The number of hydrogen-bond donors (Lipinski definition) is 1. The maximum absolute atomic E-state index is 11.8. The Kier molecular flexibility index (Phi) is 7.25. The van der Waals surface area contributed by atoms with E-state index in [0.29, 0.717) is 39.7 Å². The van der Waals surface area contributed by atoms with Crippen molar-refractivity contribution in [2.45, 2.75) is 6.92 Å². The van der Waals surface area contributed by atoms with Crippen LogP contribution in [-0.2, 0) is 4.79 Å². The summed E-state index contributed by atoms with van der Waals surface area (Å²) in [5, 5.41) is 11.4. The first-order valence-electron chi connectivity index (χ1n) is 9.55. The fourth-order valence-corrected chi connectivity index (χ4v) is 3.29. The lowest BCUT2D eigenvalue weighted by atomic mass is 10.1. The van der Waals surface area contributed by atoms with E-state index in [-0.39, 0.29) is 23.3 Å². The summed E-state index contributed by atoms with van der Waals surface area (Å²) < 4.78 is 11.3. The zero-order valence-corrected chi connectivity index (χ0v) is 18.9. The fraction of sp³-hybridized carbons (Fsp3) is 0.217. The highest BCUT2D eigenvalue weighted by Crippen LogP contribution is 2.36. The van der Waals surface area contributed by atoms with Crippen LogP contribution in [0.2, 0.25) is 10.0 Å². The van der Waals surface area contributed by atoms with Gasteiger partial charge in [-0.2, -0.15) is 0 Å². The van der Waals surface area contributed by atoms with Crippen molar-refractivity contribution in [3.63, 3.8) is 0 Å². The number of halogens is 2. The van der Waals surface area contributed by atoms with Gasteiger partial charge in [0.25, 0.3) is 5.91 Å². The lowest BCUT2D eigenvalue weighted by molar-refractivity contribution is -0.130. The van der Waals surface area contributed by atoms with E-state index < -0.39 is 0 Å². The van der Waals surface area contributed by atoms with Crippen molar-refractivity contribution in [1.82, 2.24) is 9.88 Å². The molecule has 0 aliphatic rings. The van der Waals surface area contributed by atoms with E-state index in [1.54, 1.807) is 38.4 Å². The third-order valence-corrected chi connectivity index (χ3v) is 5.04. The van der Waals surface area contributed by atoms with Crippen molar-refractivity contribution < 1.29 is 19.4 Å². The van der Waals surface area contributed by atoms with Crippen LogP contribution < -0.4 is 9.47 Å². The first-order valence-corrected chi connectivity index (χ1v) is 10.3. The van der Waals surface area contributed by atoms with Crippen LogP contribution in [0.3, 0.4) is 0 Å². The molecule has 0 aliphatic heterocycles. The van der Waals surface area contributed by atoms with Gasteiger partial charge in [0, 0.05) is 19.5 Å². The highest BCUT2D eigenvalue weighted by atomic mass is 35.5. The average molecular weight is 461 g/mol. The number of carbonyl (C=O) groups excluding carboxylic acids is 1. The zero-order valence-electron chi connectivity index (χ0n) is 17.4. The molecule has 0 aliphatic carbocycles. The third kappa shape index (κ3) is 5.40. The molecule has 1 N–H and O–H groups in total. The van der Waals surface area contributed by atoms with Crippen molar-refractivity contribution in [2.75, 3.05) is 27.3 Å². The van der Waals surface area contributed by atoms with E-state index in [4.69, 9.17) is 32.7 Å². The van der Waals surface area contributed by atoms with E-state index in [2.05, 4.69) is 4.98 Å². The summed E-state index contributed by atoms with van der Waals surface area (Å²) in [4.78, 5) is 17.7. The Balaban J connectivity index is 1.85. The van der Waals surface area contributed by atoms with Crippen LogP contribution in [0.1, 0.15) is 18.2 Å². The lowest BCUT2D eigenvalue weighted by Gasteiger charge is -2.14. The van der Waals surface area contributed by atoms with Gasteiger partial charge in [0.05, 0.1) is 22.3 Å². The normalized spacial score (nSPS) is 11.1. The Morgan fingerprint density at radius 1 is 1.06 bits per heavy atom. The molecule has 1 aromatic heterocycles. The van der Waals surface area contributed by atoms with Crippen LogP contribution in [-0.4, -0.2) is 48.2 Å². The molecule has 2 aromatic carbocycles. The molecule has 0 saturated heterocycles. The number of nitrogens with zero attached hydrogens (tertiary/aromatic N) is 2. The standard InChI is InChI=1S/C23H22Cl2N2O4/c1-4-30-20-11-14(6-10-19(20)31-13-21(28)27(2)3)5-7-15-8-9-16-17(24)12-18(25)23(29)22(16)26-15/h5-12,29H,4,13H2,1-3H3/b7-5+. The number of aromatic hydroxyl groups is 1. The van der Waals surface area contributed by atoms with Crippen LogP contribution in [0.25, 0.3) is 23.1 Å². The largest absolute Gasteiger partial charge is 0.504 e. The van der Waals surface area contributed by atoms with Crippen LogP contribution in [0.15, 0.2) is 36.4 Å². The van der Waals surface area contributed by atoms with E-state index >= 15 is 0 Å². The summed E-state index contributed by atoms with van der Waals surface area (Å²) in [6, 6.07) is 10.5. The predicted molar refractivity (Wildman–Crippen MR) is 124 cm³/mol. The van der Waals surface area contributed by atoms with E-state index in [1.165, 1.54) is 11.0 Å². The van der Waals surface area contributed by atoms with Gasteiger partial charge < -0.3 is 19.5 Å². The van der Waals surface area contributed by atoms with Crippen molar-refractivity contribution in [3.8, 4) is 17.2 Å². The number of fused-ring (bicyclic) bond motifs is 1. The number of pyridine rings is 1. The molecule has 6 nitrogen and oxygen atoms in total. The molecule has 1 amide bonds. The smallest absolute Gasteiger partial charge is 0.259 e. The summed E-state index contributed by atoms with van der Waals surface area (Å²) in [6.07, 6.45) is 3.66. The van der Waals surface area contributed by atoms with E-state index in [1.807, 2.05) is 25.1 Å². The number of phenolic OH excluding ortho intramolecular Hbond substituents is 1. The molecule has 8 heteroatoms. The van der Waals surface area contributed by atoms with Crippen molar-refractivity contribution in [2.24, 2.45) is 0 Å². The highest BCUT2D eigenvalue weighted by Gasteiger charge is 2.12. The fourth-order valence-electron chi connectivity index (χ4n) is 2.78. The Labute approximate surface area is 190 Å². The summed E-state index contributed by atoms with van der Waals surface area (Å²) in [7, 11) is 3.34. The quantitative estimate of drug-likeness (QED) is 0.518. The average Bonchev–Trinajstić information content (AvgIpc) is 2.75. The SMILES string of the molecule is CCOc1cc(/C=C/c2ccc3c(Cl)cc(Cl)c(O)c3n2)ccc1OCC(=O)N(C)C. The van der Waals surface area contributed by atoms with Gasteiger partial charge in [-0.15, -0.1) is 0 Å². The van der Waals surface area contributed by atoms with Crippen molar-refractivity contribution >= 4 is 52.2 Å². The number of amides is 1. The van der Waals surface area contributed by atoms with Crippen LogP contribution >= 0.6 is 23.2 Å². The number of ether oxygens (including phenoxy) is 2. The zero-order chi connectivity index (χ0) is 22.5. The predicted octanol–water partition coefficient (Wildman–Crippen LogP) is 5.28. The van der Waals surface area contributed by atoms with Gasteiger partial charge in [0.15, 0.2) is 23.9 Å². The third-order valence-electron chi connectivity index (χ3n) is 4.44. The molecule has 0 saturated carbocycles. The Hall–Kier alpha value is -2.96. The molecule has 0 spiro atoms. The van der Waals surface area contributed by atoms with Crippen molar-refractivity contribution in [3.05, 3.63) is 57.7 Å². The first-order chi connectivity index (χ1) is 14.8. The molecular weight excluding hydrogens is 439 g/mol. The van der Waals surface area contributed by atoms with Gasteiger partial charge in [-0.3, -0.25) is 4.79 Å². The minimum absolute atomic E-state index is 0.0715. The first kappa shape index (κ1) is 22.7. The minimum Gasteiger partial charge on any atom is -0.504 e. The number of phenols is 1. The Morgan fingerprint density at radius 3 is 2.55 bits per heavy atom. The Morgan fingerprint density at radius 2 is 1.84 bits per heavy atom. The molecule has 0 radical (unpaired) electrons. The van der Waals surface area contributed by atoms with E-state index in [9.17, 15) is 9.90 Å². The number of hydrogen-bond acceptors (Lipinski definition) is 5. The molecule has 31 heavy (non-hydrogen) atoms. The second-order valence-electron chi connectivity index (χ2n) is 6.87. The molecule has 1 heterocycles. The number of rotatable bonds is 7. The summed E-state index contributed by atoms with van der Waals surface area (Å²) >= 11 is 12.2. The van der Waals surface area contributed by atoms with Crippen LogP contribution in [0.5, 0.6) is 17.2 Å². The van der Waals surface area contributed by atoms with Crippen LogP contribution in [0.4, 0.5) is 0 Å². The van der Waals surface area contributed by atoms with Gasteiger partial charge in [-0.25, -0.2) is 4.98 Å². The second-order valence-corrected chi connectivity index (χ2v) is 7.68. The number of aromatic nitrogens is 1. The number of likely N-dealkylation sites (N-methyl/N-ethyl adjacent to an activating group) is 1. The topological polar surface area (TPSA) is 71.9 Å². The molecule has 0 unspecified atom stereocenters. The van der Waals surface area contributed by atoms with E-state index in [0.717, 1.165) is 5.56 Å². The molecule has 3 rings (SSSR count). The molecule has 0 fully saturated rings. The minimum atomic E-state index is -0.141. The van der Waals surface area contributed by atoms with Crippen LogP contribution in [0, 0.1) is 0 Å². The maximum atomic E-state index is 11.8. The van der Waals surface area contributed by atoms with Gasteiger partial charge in [-0.1, -0.05) is 35.3 Å². The summed E-state index contributed by atoms with van der Waals surface area (Å²) in [5.41, 5.74) is 1.81. The van der Waals surface area contributed by atoms with Gasteiger partial charge in [-0.05, 0) is 48.9 Å². The molecule has 0 atom stereocenters. The summed E-state index contributed by atoms with van der Waals surface area (Å²) in [5.74, 6) is 0.784. The maximum Gasteiger partial charge on any atom is 0.259 e. The molecular formula is C23H22Cl2N2O4. The summed E-state index contributed by atoms with van der Waals surface area (Å²) in [6.45, 7) is 2.26. The van der Waals surface area contributed by atoms with Gasteiger partial charge >= 0.3 is 0 Å².